The third kappa shape index (κ3) is 5.00. The number of methoxy groups -OCH3 is 1. The van der Waals surface area contributed by atoms with E-state index in [1.807, 2.05) is 12.1 Å². The smallest absolute Gasteiger partial charge is 0.266 e. The second-order valence-electron chi connectivity index (χ2n) is 6.49. The molecule has 0 radical (unpaired) electrons. The lowest BCUT2D eigenvalue weighted by Gasteiger charge is -2.10. The average Bonchev–Trinajstić information content (AvgIpc) is 2.75. The highest BCUT2D eigenvalue weighted by Gasteiger charge is 2.14. The van der Waals surface area contributed by atoms with Gasteiger partial charge >= 0.3 is 0 Å². The number of Topliss-reactive ketones (excluding diaryl/α,β-unsaturated/α-hetero) is 1. The Balaban J connectivity index is 1.70. The number of aromatic nitrogens is 2. The third-order valence-electron chi connectivity index (χ3n) is 4.44. The second kappa shape index (κ2) is 9.02. The van der Waals surface area contributed by atoms with Crippen LogP contribution in [0.4, 0.5) is 0 Å². The van der Waals surface area contributed by atoms with E-state index in [2.05, 4.69) is 9.82 Å². The molecular weight excluding hydrogens is 406 g/mol. The summed E-state index contributed by atoms with van der Waals surface area (Å²) in [6.07, 6.45) is 0. The van der Waals surface area contributed by atoms with E-state index in [0.29, 0.717) is 17.0 Å². The molecule has 2 aromatic carbocycles. The van der Waals surface area contributed by atoms with Crippen molar-refractivity contribution in [3.63, 3.8) is 0 Å². The Kier molecular flexibility index (Phi) is 6.43. The van der Waals surface area contributed by atoms with Crippen LogP contribution in [0.5, 0.6) is 5.75 Å². The van der Waals surface area contributed by atoms with Crippen LogP contribution in [0, 0.1) is 0 Å². The van der Waals surface area contributed by atoms with Crippen LogP contribution in [-0.4, -0.2) is 37.6 Å². The molecule has 0 bridgehead atoms. The van der Waals surface area contributed by atoms with Gasteiger partial charge in [-0.2, -0.15) is 5.10 Å². The fourth-order valence-electron chi connectivity index (χ4n) is 2.76. The van der Waals surface area contributed by atoms with Crippen molar-refractivity contribution in [3.8, 4) is 17.0 Å². The molecule has 0 aliphatic rings. The van der Waals surface area contributed by atoms with Gasteiger partial charge in [-0.1, -0.05) is 12.1 Å². The number of benzene rings is 2. The zero-order valence-corrected chi connectivity index (χ0v) is 17.3. The highest BCUT2D eigenvalue weighted by molar-refractivity contribution is 7.89. The van der Waals surface area contributed by atoms with E-state index in [-0.39, 0.29) is 29.3 Å². The molecule has 0 amide bonds. The van der Waals surface area contributed by atoms with Crippen LogP contribution >= 0.6 is 0 Å². The predicted octanol–water partition coefficient (Wildman–Crippen LogP) is 2.10. The number of carbonyl (C=O) groups is 1. The Hall–Kier alpha value is -3.30. The van der Waals surface area contributed by atoms with Crippen molar-refractivity contribution in [1.29, 1.82) is 0 Å². The Bertz CT molecular complexity index is 1200. The monoisotopic (exact) mass is 427 g/mol. The summed E-state index contributed by atoms with van der Waals surface area (Å²) in [6.45, 7) is 1.45. The topological polar surface area (TPSA) is 107 Å². The Morgan fingerprint density at radius 2 is 1.70 bits per heavy atom. The van der Waals surface area contributed by atoms with Gasteiger partial charge in [-0.3, -0.25) is 9.59 Å². The van der Waals surface area contributed by atoms with Crippen LogP contribution in [0.25, 0.3) is 11.3 Å². The zero-order valence-electron chi connectivity index (χ0n) is 16.5. The van der Waals surface area contributed by atoms with Crippen LogP contribution in [0.1, 0.15) is 17.3 Å². The van der Waals surface area contributed by atoms with E-state index in [9.17, 15) is 18.0 Å². The molecule has 1 aromatic heterocycles. The van der Waals surface area contributed by atoms with Crippen LogP contribution < -0.4 is 15.0 Å². The van der Waals surface area contributed by atoms with Gasteiger partial charge in [0, 0.05) is 23.7 Å². The zero-order chi connectivity index (χ0) is 21.7. The number of ether oxygens (including phenoxy) is 1. The molecule has 1 N–H and O–H groups in total. The molecule has 0 spiro atoms. The fraction of sp³-hybridized carbons (Fsp3) is 0.190. The van der Waals surface area contributed by atoms with E-state index < -0.39 is 10.0 Å². The quantitative estimate of drug-likeness (QED) is 0.552. The number of nitrogens with zero attached hydrogens (tertiary/aromatic N) is 2. The van der Waals surface area contributed by atoms with Crippen molar-refractivity contribution in [2.75, 3.05) is 13.7 Å². The maximum Gasteiger partial charge on any atom is 0.266 e. The first-order chi connectivity index (χ1) is 14.3. The van der Waals surface area contributed by atoms with Crippen molar-refractivity contribution in [2.24, 2.45) is 0 Å². The summed E-state index contributed by atoms with van der Waals surface area (Å²) in [5, 5.41) is 4.31. The Labute approximate surface area is 174 Å². The SMILES string of the molecule is COc1ccc(-c2ccc(=O)n(CCNS(=O)(=O)c3ccc(C(C)=O)cc3)n2)cc1. The number of hydrogen-bond donors (Lipinski definition) is 1. The van der Waals surface area contributed by atoms with Crippen molar-refractivity contribution in [3.05, 3.63) is 76.6 Å². The predicted molar refractivity (Wildman–Crippen MR) is 112 cm³/mol. The minimum Gasteiger partial charge on any atom is -0.497 e. The van der Waals surface area contributed by atoms with E-state index in [0.717, 1.165) is 5.56 Å². The van der Waals surface area contributed by atoms with Gasteiger partial charge in [0.1, 0.15) is 5.75 Å². The van der Waals surface area contributed by atoms with Crippen molar-refractivity contribution in [1.82, 2.24) is 14.5 Å². The number of sulfonamides is 1. The first-order valence-corrected chi connectivity index (χ1v) is 10.6. The maximum atomic E-state index is 12.4. The first-order valence-electron chi connectivity index (χ1n) is 9.13. The van der Waals surface area contributed by atoms with Gasteiger partial charge in [-0.25, -0.2) is 17.8 Å². The van der Waals surface area contributed by atoms with Gasteiger partial charge in [0.2, 0.25) is 10.0 Å². The summed E-state index contributed by atoms with van der Waals surface area (Å²) in [5.41, 5.74) is 1.48. The lowest BCUT2D eigenvalue weighted by atomic mass is 10.1. The summed E-state index contributed by atoms with van der Waals surface area (Å²) in [5.74, 6) is 0.562. The molecule has 0 aliphatic heterocycles. The molecule has 9 heteroatoms. The van der Waals surface area contributed by atoms with Gasteiger partial charge in [0.25, 0.3) is 5.56 Å². The summed E-state index contributed by atoms with van der Waals surface area (Å²) >= 11 is 0. The maximum absolute atomic E-state index is 12.4. The van der Waals surface area contributed by atoms with E-state index >= 15 is 0 Å². The van der Waals surface area contributed by atoms with Gasteiger partial charge < -0.3 is 4.74 Å². The molecule has 1 heterocycles. The number of nitrogens with one attached hydrogen (secondary N) is 1. The lowest BCUT2D eigenvalue weighted by molar-refractivity contribution is 0.101. The molecule has 0 atom stereocenters. The molecule has 0 unspecified atom stereocenters. The number of ketones is 1. The van der Waals surface area contributed by atoms with Crippen LogP contribution in [0.3, 0.4) is 0 Å². The molecular formula is C21H21N3O5S. The molecule has 156 valence electrons. The molecule has 3 aromatic rings. The normalized spacial score (nSPS) is 11.3. The van der Waals surface area contributed by atoms with Crippen molar-refractivity contribution < 1.29 is 17.9 Å². The summed E-state index contributed by atoms with van der Waals surface area (Å²) in [6, 6.07) is 15.9. The molecule has 0 fully saturated rings. The standard InChI is InChI=1S/C21H21N3O5S/c1-15(25)16-5-9-19(10-6-16)30(27,28)22-13-14-24-21(26)12-11-20(23-24)17-3-7-18(29-2)8-4-17/h3-12,22H,13-14H2,1-2H3. The van der Waals surface area contributed by atoms with Gasteiger partial charge in [0.15, 0.2) is 5.78 Å². The van der Waals surface area contributed by atoms with Gasteiger partial charge in [0.05, 0.1) is 24.2 Å². The van der Waals surface area contributed by atoms with Crippen LogP contribution in [0.2, 0.25) is 0 Å². The minimum atomic E-state index is -3.77. The largest absolute Gasteiger partial charge is 0.497 e. The minimum absolute atomic E-state index is 0.0181. The first kappa shape index (κ1) is 21.4. The average molecular weight is 427 g/mol. The van der Waals surface area contributed by atoms with E-state index in [1.165, 1.54) is 41.9 Å². The summed E-state index contributed by atoms with van der Waals surface area (Å²) < 4.78 is 33.6. The van der Waals surface area contributed by atoms with Crippen LogP contribution in [0.15, 0.2) is 70.4 Å². The molecule has 8 nitrogen and oxygen atoms in total. The second-order valence-corrected chi connectivity index (χ2v) is 8.25. The van der Waals surface area contributed by atoms with Crippen LogP contribution in [-0.2, 0) is 16.6 Å². The molecule has 30 heavy (non-hydrogen) atoms. The molecule has 3 rings (SSSR count). The molecule has 0 saturated heterocycles. The summed E-state index contributed by atoms with van der Waals surface area (Å²) in [4.78, 5) is 23.5. The lowest BCUT2D eigenvalue weighted by Crippen LogP contribution is -2.32. The van der Waals surface area contributed by atoms with Gasteiger partial charge in [-0.05, 0) is 49.4 Å². The fourth-order valence-corrected chi connectivity index (χ4v) is 3.78. The number of rotatable bonds is 8. The Morgan fingerprint density at radius 3 is 2.30 bits per heavy atom. The molecule has 0 saturated carbocycles. The highest BCUT2D eigenvalue weighted by Crippen LogP contribution is 2.19. The van der Waals surface area contributed by atoms with Gasteiger partial charge in [-0.15, -0.1) is 0 Å². The summed E-state index contributed by atoms with van der Waals surface area (Å²) in [7, 11) is -2.20. The molecule has 0 aliphatic carbocycles. The van der Waals surface area contributed by atoms with Crippen molar-refractivity contribution >= 4 is 15.8 Å². The van der Waals surface area contributed by atoms with Crippen molar-refractivity contribution in [2.45, 2.75) is 18.4 Å². The highest BCUT2D eigenvalue weighted by atomic mass is 32.2. The number of carbonyl (C=O) groups excluding carboxylic acids is 1. The third-order valence-corrected chi connectivity index (χ3v) is 5.92. The van der Waals surface area contributed by atoms with E-state index in [1.54, 1.807) is 25.3 Å². The number of hydrogen-bond acceptors (Lipinski definition) is 6. The Morgan fingerprint density at radius 1 is 1.03 bits per heavy atom. The van der Waals surface area contributed by atoms with E-state index in [4.69, 9.17) is 4.74 Å².